The van der Waals surface area contributed by atoms with E-state index in [9.17, 15) is 4.79 Å². The third-order valence-electron chi connectivity index (χ3n) is 3.09. The van der Waals surface area contributed by atoms with E-state index in [4.69, 9.17) is 0 Å². The van der Waals surface area contributed by atoms with Crippen LogP contribution in [0.2, 0.25) is 0 Å². The average molecular weight is 168 g/mol. The van der Waals surface area contributed by atoms with Crippen molar-refractivity contribution in [1.82, 2.24) is 0 Å². The maximum Gasteiger partial charge on any atom is 0.135 e. The van der Waals surface area contributed by atoms with Gasteiger partial charge in [0.15, 0.2) is 0 Å². The van der Waals surface area contributed by atoms with Crippen LogP contribution in [0.5, 0.6) is 0 Å². The van der Waals surface area contributed by atoms with Gasteiger partial charge in [-0.1, -0.05) is 27.2 Å². The van der Waals surface area contributed by atoms with E-state index in [0.29, 0.717) is 17.1 Å². The van der Waals surface area contributed by atoms with Gasteiger partial charge in [-0.25, -0.2) is 0 Å². The number of hydrogen-bond donors (Lipinski definition) is 0. The SMILES string of the molecule is C[C@H]1CCCC(C)(C)CCC1=O. The highest BCUT2D eigenvalue weighted by molar-refractivity contribution is 5.80. The quantitative estimate of drug-likeness (QED) is 0.543. The Morgan fingerprint density at radius 2 is 2.00 bits per heavy atom. The van der Waals surface area contributed by atoms with E-state index in [-0.39, 0.29) is 0 Å². The summed E-state index contributed by atoms with van der Waals surface area (Å²) in [7, 11) is 0. The molecule has 0 aromatic heterocycles. The van der Waals surface area contributed by atoms with Crippen molar-refractivity contribution in [2.24, 2.45) is 11.3 Å². The Bertz CT molecular complexity index is 170. The lowest BCUT2D eigenvalue weighted by Gasteiger charge is -2.28. The molecular weight excluding hydrogens is 148 g/mol. The zero-order valence-corrected chi connectivity index (χ0v) is 8.52. The molecule has 0 aromatic rings. The number of ketones is 1. The fourth-order valence-electron chi connectivity index (χ4n) is 1.88. The summed E-state index contributed by atoms with van der Waals surface area (Å²) in [5, 5.41) is 0. The molecule has 1 saturated carbocycles. The van der Waals surface area contributed by atoms with Gasteiger partial charge in [0.25, 0.3) is 0 Å². The third-order valence-corrected chi connectivity index (χ3v) is 3.09. The van der Waals surface area contributed by atoms with E-state index < -0.39 is 0 Å². The topological polar surface area (TPSA) is 17.1 Å². The van der Waals surface area contributed by atoms with Crippen molar-refractivity contribution < 1.29 is 4.79 Å². The van der Waals surface area contributed by atoms with E-state index >= 15 is 0 Å². The molecule has 1 heteroatoms. The average Bonchev–Trinajstić information content (AvgIpc) is 1.98. The molecule has 1 aliphatic carbocycles. The number of carbonyl (C=O) groups excluding carboxylic acids is 1. The second-order valence-electron chi connectivity index (χ2n) is 4.92. The standard InChI is InChI=1S/C11H20O/c1-9-5-4-7-11(2,3)8-6-10(9)12/h9H,4-8H2,1-3H3/t9-/m0/s1. The lowest BCUT2D eigenvalue weighted by molar-refractivity contribution is -0.123. The first kappa shape index (κ1) is 9.76. The van der Waals surface area contributed by atoms with Gasteiger partial charge in [0.2, 0.25) is 0 Å². The number of hydrogen-bond acceptors (Lipinski definition) is 1. The number of carbonyl (C=O) groups is 1. The van der Waals surface area contributed by atoms with Crippen LogP contribution in [0.4, 0.5) is 0 Å². The summed E-state index contributed by atoms with van der Waals surface area (Å²) < 4.78 is 0. The highest BCUT2D eigenvalue weighted by Gasteiger charge is 2.24. The van der Waals surface area contributed by atoms with Crippen molar-refractivity contribution in [3.05, 3.63) is 0 Å². The fourth-order valence-corrected chi connectivity index (χ4v) is 1.88. The molecule has 0 unspecified atom stereocenters. The molecule has 1 fully saturated rings. The van der Waals surface area contributed by atoms with Crippen molar-refractivity contribution in [2.75, 3.05) is 0 Å². The summed E-state index contributed by atoms with van der Waals surface area (Å²) in [4.78, 5) is 11.5. The third kappa shape index (κ3) is 2.62. The van der Waals surface area contributed by atoms with Crippen LogP contribution in [0.3, 0.4) is 0 Å². The maximum absolute atomic E-state index is 11.5. The second kappa shape index (κ2) is 3.59. The highest BCUT2D eigenvalue weighted by atomic mass is 16.1. The zero-order valence-electron chi connectivity index (χ0n) is 8.52. The minimum Gasteiger partial charge on any atom is -0.299 e. The van der Waals surface area contributed by atoms with Gasteiger partial charge in [0, 0.05) is 12.3 Å². The fraction of sp³-hybridized carbons (Fsp3) is 0.909. The summed E-state index contributed by atoms with van der Waals surface area (Å²) in [5.74, 6) is 0.795. The molecule has 1 atom stereocenters. The van der Waals surface area contributed by atoms with E-state index in [0.717, 1.165) is 19.3 Å². The Hall–Kier alpha value is -0.330. The minimum atomic E-state index is 0.320. The molecule has 0 bridgehead atoms. The van der Waals surface area contributed by atoms with Crippen LogP contribution in [0.15, 0.2) is 0 Å². The van der Waals surface area contributed by atoms with Crippen LogP contribution in [-0.2, 0) is 4.79 Å². The molecule has 1 aliphatic rings. The Kier molecular flexibility index (Phi) is 2.92. The van der Waals surface area contributed by atoms with Crippen molar-refractivity contribution in [1.29, 1.82) is 0 Å². The van der Waals surface area contributed by atoms with Crippen LogP contribution >= 0.6 is 0 Å². The summed E-state index contributed by atoms with van der Waals surface area (Å²) in [6, 6.07) is 0. The molecule has 0 aliphatic heterocycles. The Labute approximate surface area is 75.5 Å². The Balaban J connectivity index is 2.52. The van der Waals surface area contributed by atoms with Gasteiger partial charge >= 0.3 is 0 Å². The largest absolute Gasteiger partial charge is 0.299 e. The van der Waals surface area contributed by atoms with Gasteiger partial charge in [0.05, 0.1) is 0 Å². The molecule has 0 spiro atoms. The molecule has 12 heavy (non-hydrogen) atoms. The van der Waals surface area contributed by atoms with E-state index in [1.807, 2.05) is 0 Å². The van der Waals surface area contributed by atoms with Gasteiger partial charge in [-0.2, -0.15) is 0 Å². The number of rotatable bonds is 0. The van der Waals surface area contributed by atoms with Gasteiger partial charge < -0.3 is 0 Å². The Morgan fingerprint density at radius 3 is 2.67 bits per heavy atom. The van der Waals surface area contributed by atoms with Crippen molar-refractivity contribution >= 4 is 5.78 Å². The molecule has 0 amide bonds. The van der Waals surface area contributed by atoms with Gasteiger partial charge in [0.1, 0.15) is 5.78 Å². The first-order chi connectivity index (χ1) is 5.51. The van der Waals surface area contributed by atoms with Crippen LogP contribution in [0, 0.1) is 11.3 Å². The summed E-state index contributed by atoms with van der Waals surface area (Å²) in [5.41, 5.74) is 0.399. The normalized spacial score (nSPS) is 30.9. The molecule has 0 aromatic carbocycles. The zero-order chi connectivity index (χ0) is 9.19. The first-order valence-electron chi connectivity index (χ1n) is 5.04. The van der Waals surface area contributed by atoms with E-state index in [1.165, 1.54) is 12.8 Å². The predicted molar refractivity (Wildman–Crippen MR) is 51.0 cm³/mol. The van der Waals surface area contributed by atoms with Crippen molar-refractivity contribution in [2.45, 2.75) is 52.9 Å². The molecule has 70 valence electrons. The van der Waals surface area contributed by atoms with Crippen LogP contribution in [0.1, 0.15) is 52.9 Å². The second-order valence-corrected chi connectivity index (χ2v) is 4.92. The van der Waals surface area contributed by atoms with Crippen LogP contribution < -0.4 is 0 Å². The number of Topliss-reactive ketones (excluding diaryl/α,β-unsaturated/α-hetero) is 1. The minimum absolute atomic E-state index is 0.320. The molecule has 0 radical (unpaired) electrons. The summed E-state index contributed by atoms with van der Waals surface area (Å²) >= 11 is 0. The van der Waals surface area contributed by atoms with Gasteiger partial charge in [-0.15, -0.1) is 0 Å². The molecule has 0 saturated heterocycles. The lowest BCUT2D eigenvalue weighted by Crippen LogP contribution is -2.21. The molecule has 0 N–H and O–H groups in total. The van der Waals surface area contributed by atoms with Gasteiger partial charge in [-0.3, -0.25) is 4.79 Å². The van der Waals surface area contributed by atoms with E-state index in [2.05, 4.69) is 20.8 Å². The molecular formula is C11H20O. The molecule has 1 nitrogen and oxygen atoms in total. The smallest absolute Gasteiger partial charge is 0.135 e. The summed E-state index contributed by atoms with van der Waals surface area (Å²) in [6.45, 7) is 6.62. The maximum atomic E-state index is 11.5. The highest BCUT2D eigenvalue weighted by Crippen LogP contribution is 2.33. The van der Waals surface area contributed by atoms with Crippen molar-refractivity contribution in [3.63, 3.8) is 0 Å². The Morgan fingerprint density at radius 1 is 1.33 bits per heavy atom. The predicted octanol–water partition coefficient (Wildman–Crippen LogP) is 3.18. The first-order valence-corrected chi connectivity index (χ1v) is 5.04. The van der Waals surface area contributed by atoms with E-state index in [1.54, 1.807) is 0 Å². The van der Waals surface area contributed by atoms with Crippen molar-refractivity contribution in [3.8, 4) is 0 Å². The van der Waals surface area contributed by atoms with Gasteiger partial charge in [-0.05, 0) is 24.7 Å². The van der Waals surface area contributed by atoms with Crippen LogP contribution in [-0.4, -0.2) is 5.78 Å². The monoisotopic (exact) mass is 168 g/mol. The molecule has 1 rings (SSSR count). The lowest BCUT2D eigenvalue weighted by atomic mass is 9.77. The molecule has 0 heterocycles. The van der Waals surface area contributed by atoms with Crippen LogP contribution in [0.25, 0.3) is 0 Å². The summed E-state index contributed by atoms with van der Waals surface area (Å²) in [6.07, 6.45) is 5.48.